The molecule has 114 valence electrons. The largest absolute Gasteiger partial charge is 0.319 e. The van der Waals surface area contributed by atoms with Crippen molar-refractivity contribution >= 4 is 5.65 Å². The topological polar surface area (TPSA) is 43.3 Å². The molecule has 0 radical (unpaired) electrons. The van der Waals surface area contributed by atoms with E-state index >= 15 is 0 Å². The molecule has 22 heavy (non-hydrogen) atoms. The number of hydrogen-bond donors (Lipinski definition) is 1. The average Bonchev–Trinajstić information content (AvgIpc) is 2.86. The van der Waals surface area contributed by atoms with E-state index < -0.39 is 0 Å². The molecule has 0 amide bonds. The van der Waals surface area contributed by atoms with Gasteiger partial charge < -0.3 is 10.1 Å². The quantitative estimate of drug-likeness (QED) is 0.776. The van der Waals surface area contributed by atoms with Crippen molar-refractivity contribution in [1.82, 2.24) is 9.38 Å². The second-order valence-electron chi connectivity index (χ2n) is 6.92. The van der Waals surface area contributed by atoms with Gasteiger partial charge in [-0.3, -0.25) is 0 Å². The van der Waals surface area contributed by atoms with E-state index in [1.54, 1.807) is 0 Å². The van der Waals surface area contributed by atoms with E-state index in [-0.39, 0.29) is 11.5 Å². The van der Waals surface area contributed by atoms with Crippen molar-refractivity contribution < 1.29 is 0 Å². The first-order valence-corrected chi connectivity index (χ1v) is 7.67. The van der Waals surface area contributed by atoms with Crippen LogP contribution in [0.5, 0.6) is 0 Å². The number of nitrogens with two attached hydrogens (primary N) is 1. The summed E-state index contributed by atoms with van der Waals surface area (Å²) >= 11 is 0. The smallest absolute Gasteiger partial charge is 0.137 e. The van der Waals surface area contributed by atoms with Crippen molar-refractivity contribution in [3.8, 4) is 0 Å². The Morgan fingerprint density at radius 3 is 2.41 bits per heavy atom. The van der Waals surface area contributed by atoms with E-state index in [0.717, 1.165) is 22.6 Å². The number of aryl methyl sites for hydroxylation is 1. The van der Waals surface area contributed by atoms with Gasteiger partial charge >= 0.3 is 0 Å². The molecule has 0 aliphatic heterocycles. The second-order valence-corrected chi connectivity index (χ2v) is 6.92. The fourth-order valence-electron chi connectivity index (χ4n) is 2.83. The number of pyridine rings is 1. The van der Waals surface area contributed by atoms with Crippen LogP contribution < -0.4 is 5.73 Å². The van der Waals surface area contributed by atoms with Gasteiger partial charge in [0.25, 0.3) is 0 Å². The van der Waals surface area contributed by atoms with Gasteiger partial charge in [-0.05, 0) is 30.2 Å². The number of nitrogens with zero attached hydrogens (tertiary/aromatic N) is 2. The van der Waals surface area contributed by atoms with Gasteiger partial charge in [0.05, 0.1) is 17.4 Å². The summed E-state index contributed by atoms with van der Waals surface area (Å²) in [5.74, 6) is 0. The van der Waals surface area contributed by atoms with Crippen molar-refractivity contribution in [2.24, 2.45) is 5.73 Å². The molecule has 0 saturated heterocycles. The third kappa shape index (κ3) is 2.53. The molecule has 1 unspecified atom stereocenters. The van der Waals surface area contributed by atoms with Crippen LogP contribution in [0.3, 0.4) is 0 Å². The zero-order valence-electron chi connectivity index (χ0n) is 13.7. The maximum absolute atomic E-state index is 6.60. The summed E-state index contributed by atoms with van der Waals surface area (Å²) in [4.78, 5) is 4.87. The lowest BCUT2D eigenvalue weighted by atomic mass is 9.88. The molecular formula is C19H23N3. The van der Waals surface area contributed by atoms with E-state index in [1.807, 2.05) is 18.2 Å². The Morgan fingerprint density at radius 1 is 1.09 bits per heavy atom. The number of imidazole rings is 1. The average molecular weight is 293 g/mol. The SMILES string of the molecule is Cc1ccn2c(C(N)c3ccccc3)c(C(C)(C)C)nc2c1. The molecule has 0 aliphatic rings. The fraction of sp³-hybridized carbons (Fsp3) is 0.316. The van der Waals surface area contributed by atoms with Crippen LogP contribution >= 0.6 is 0 Å². The highest BCUT2D eigenvalue weighted by atomic mass is 15.0. The van der Waals surface area contributed by atoms with Crippen LogP contribution in [0.2, 0.25) is 0 Å². The maximum atomic E-state index is 6.60. The van der Waals surface area contributed by atoms with Gasteiger partial charge in [0.15, 0.2) is 0 Å². The molecule has 3 nitrogen and oxygen atoms in total. The van der Waals surface area contributed by atoms with Gasteiger partial charge in [-0.15, -0.1) is 0 Å². The van der Waals surface area contributed by atoms with Gasteiger partial charge in [0, 0.05) is 11.6 Å². The Kier molecular flexibility index (Phi) is 3.53. The van der Waals surface area contributed by atoms with Crippen molar-refractivity contribution in [1.29, 1.82) is 0 Å². The third-order valence-electron chi connectivity index (χ3n) is 3.98. The highest BCUT2D eigenvalue weighted by molar-refractivity contribution is 5.49. The lowest BCUT2D eigenvalue weighted by Crippen LogP contribution is -2.21. The molecule has 3 aromatic rings. The van der Waals surface area contributed by atoms with Crippen molar-refractivity contribution in [2.75, 3.05) is 0 Å². The fourth-order valence-corrected chi connectivity index (χ4v) is 2.83. The molecule has 1 atom stereocenters. The summed E-state index contributed by atoms with van der Waals surface area (Å²) in [6, 6.07) is 14.2. The van der Waals surface area contributed by atoms with E-state index in [4.69, 9.17) is 10.7 Å². The van der Waals surface area contributed by atoms with E-state index in [1.165, 1.54) is 5.56 Å². The molecule has 3 heteroatoms. The minimum Gasteiger partial charge on any atom is -0.319 e. The summed E-state index contributed by atoms with van der Waals surface area (Å²) in [5, 5.41) is 0. The van der Waals surface area contributed by atoms with Crippen LogP contribution in [0.25, 0.3) is 5.65 Å². The summed E-state index contributed by atoms with van der Waals surface area (Å²) in [7, 11) is 0. The van der Waals surface area contributed by atoms with Gasteiger partial charge in [-0.25, -0.2) is 4.98 Å². The Hall–Kier alpha value is -2.13. The first kappa shape index (κ1) is 14.8. The number of rotatable bonds is 2. The minimum atomic E-state index is -0.187. The summed E-state index contributed by atoms with van der Waals surface area (Å²) < 4.78 is 2.13. The molecule has 0 fully saturated rings. The summed E-state index contributed by atoms with van der Waals surface area (Å²) in [6.07, 6.45) is 2.07. The molecule has 3 rings (SSSR count). The van der Waals surface area contributed by atoms with Crippen LogP contribution in [0, 0.1) is 6.92 Å². The number of hydrogen-bond acceptors (Lipinski definition) is 2. The van der Waals surface area contributed by atoms with Crippen LogP contribution in [-0.4, -0.2) is 9.38 Å². The Morgan fingerprint density at radius 2 is 1.77 bits per heavy atom. The number of aromatic nitrogens is 2. The highest BCUT2D eigenvalue weighted by Crippen LogP contribution is 2.32. The summed E-state index contributed by atoms with van der Waals surface area (Å²) in [5.41, 5.74) is 12.0. The van der Waals surface area contributed by atoms with Crippen molar-refractivity contribution in [2.45, 2.75) is 39.2 Å². The molecule has 0 spiro atoms. The molecule has 0 aliphatic carbocycles. The lowest BCUT2D eigenvalue weighted by Gasteiger charge is -2.21. The molecule has 1 aromatic carbocycles. The van der Waals surface area contributed by atoms with E-state index in [2.05, 4.69) is 62.6 Å². The Balaban J connectivity index is 2.26. The normalized spacial score (nSPS) is 13.5. The van der Waals surface area contributed by atoms with Crippen LogP contribution in [-0.2, 0) is 5.41 Å². The third-order valence-corrected chi connectivity index (χ3v) is 3.98. The number of fused-ring (bicyclic) bond motifs is 1. The Labute approximate surface area is 131 Å². The molecule has 2 N–H and O–H groups in total. The Bertz CT molecular complexity index is 795. The molecular weight excluding hydrogens is 270 g/mol. The minimum absolute atomic E-state index is 0.0539. The molecule has 0 saturated carbocycles. The zero-order chi connectivity index (χ0) is 15.9. The predicted molar refractivity (Wildman–Crippen MR) is 91.1 cm³/mol. The standard InChI is InChI=1S/C19H23N3/c1-13-10-11-22-15(12-13)21-18(19(2,3)4)17(22)16(20)14-8-6-5-7-9-14/h5-12,16H,20H2,1-4H3. The second kappa shape index (κ2) is 5.25. The first-order chi connectivity index (χ1) is 10.4. The number of benzene rings is 1. The van der Waals surface area contributed by atoms with Crippen LogP contribution in [0.15, 0.2) is 48.7 Å². The lowest BCUT2D eigenvalue weighted by molar-refractivity contribution is 0.558. The van der Waals surface area contributed by atoms with Gasteiger partial charge in [-0.2, -0.15) is 0 Å². The van der Waals surface area contributed by atoms with Crippen LogP contribution in [0.1, 0.15) is 49.3 Å². The van der Waals surface area contributed by atoms with Gasteiger partial charge in [0.1, 0.15) is 5.65 Å². The molecule has 2 aromatic heterocycles. The monoisotopic (exact) mass is 293 g/mol. The van der Waals surface area contributed by atoms with E-state index in [0.29, 0.717) is 0 Å². The van der Waals surface area contributed by atoms with E-state index in [9.17, 15) is 0 Å². The van der Waals surface area contributed by atoms with Gasteiger partial charge in [0.2, 0.25) is 0 Å². The highest BCUT2D eigenvalue weighted by Gasteiger charge is 2.27. The van der Waals surface area contributed by atoms with Crippen LogP contribution in [0.4, 0.5) is 0 Å². The van der Waals surface area contributed by atoms with Crippen molar-refractivity contribution in [3.63, 3.8) is 0 Å². The molecule has 0 bridgehead atoms. The first-order valence-electron chi connectivity index (χ1n) is 7.67. The zero-order valence-corrected chi connectivity index (χ0v) is 13.7. The maximum Gasteiger partial charge on any atom is 0.137 e. The van der Waals surface area contributed by atoms with Gasteiger partial charge in [-0.1, -0.05) is 51.1 Å². The summed E-state index contributed by atoms with van der Waals surface area (Å²) in [6.45, 7) is 8.64. The van der Waals surface area contributed by atoms with Crippen molar-refractivity contribution in [3.05, 3.63) is 71.2 Å². The predicted octanol–water partition coefficient (Wildman–Crippen LogP) is 3.99. The molecule has 2 heterocycles.